The molecular formula is C25H25N9O. The van der Waals surface area contributed by atoms with Crippen LogP contribution in [0, 0.1) is 17.2 Å². The molecule has 0 radical (unpaired) electrons. The molecule has 3 aromatic rings. The second-order valence-electron chi connectivity index (χ2n) is 8.62. The molecule has 0 bridgehead atoms. The molecule has 10 nitrogen and oxygen atoms in total. The molecule has 1 N–H and O–H groups in total. The molecule has 1 atom stereocenters. The van der Waals surface area contributed by atoms with Gasteiger partial charge in [-0.15, -0.1) is 0 Å². The van der Waals surface area contributed by atoms with Crippen LogP contribution in [0.3, 0.4) is 0 Å². The van der Waals surface area contributed by atoms with Crippen molar-refractivity contribution in [2.45, 2.75) is 19.3 Å². The van der Waals surface area contributed by atoms with Crippen molar-refractivity contribution in [2.24, 2.45) is 10.9 Å². The van der Waals surface area contributed by atoms with Crippen molar-refractivity contribution in [2.75, 3.05) is 41.3 Å². The van der Waals surface area contributed by atoms with E-state index in [1.165, 1.54) is 18.5 Å². The zero-order valence-corrected chi connectivity index (χ0v) is 19.3. The Bertz CT molecular complexity index is 1320. The average Bonchev–Trinajstić information content (AvgIpc) is 3.60. The van der Waals surface area contributed by atoms with E-state index in [2.05, 4.69) is 36.7 Å². The number of carbonyl (C=O) groups is 1. The lowest BCUT2D eigenvalue weighted by molar-refractivity contribution is -0.111. The minimum Gasteiger partial charge on any atom is -0.355 e. The van der Waals surface area contributed by atoms with E-state index >= 15 is 0 Å². The van der Waals surface area contributed by atoms with E-state index in [1.807, 2.05) is 30.5 Å². The molecule has 5 rings (SSSR count). The van der Waals surface area contributed by atoms with E-state index in [0.29, 0.717) is 17.2 Å². The summed E-state index contributed by atoms with van der Waals surface area (Å²) in [7, 11) is 0. The maximum absolute atomic E-state index is 11.8. The van der Waals surface area contributed by atoms with Crippen LogP contribution in [0.4, 0.5) is 23.4 Å². The molecule has 2 aromatic heterocycles. The zero-order chi connectivity index (χ0) is 24.2. The fraction of sp³-hybridized carbons (Fsp3) is 0.320. The van der Waals surface area contributed by atoms with E-state index < -0.39 is 0 Å². The summed E-state index contributed by atoms with van der Waals surface area (Å²) in [5.74, 6) is 1.93. The molecular weight excluding hydrogens is 442 g/mol. The van der Waals surface area contributed by atoms with Crippen molar-refractivity contribution in [3.8, 4) is 6.07 Å². The summed E-state index contributed by atoms with van der Waals surface area (Å²) in [5.41, 5.74) is 1.88. The maximum Gasteiger partial charge on any atom is 0.248 e. The Hall–Kier alpha value is -4.39. The van der Waals surface area contributed by atoms with E-state index in [1.54, 1.807) is 0 Å². The number of benzene rings is 1. The van der Waals surface area contributed by atoms with Gasteiger partial charge in [0.25, 0.3) is 0 Å². The molecule has 176 valence electrons. The van der Waals surface area contributed by atoms with Crippen molar-refractivity contribution >= 4 is 46.4 Å². The molecule has 35 heavy (non-hydrogen) atoms. The maximum atomic E-state index is 11.8. The SMILES string of the molecule is C=CC(=O)Nc1ccc2c(N3CCC(/C=N/c4ncc(C#N)cn4)C3)nc(N3CCCC3)nc2c1. The Labute approximate surface area is 203 Å². The Balaban J connectivity index is 1.41. The van der Waals surface area contributed by atoms with Crippen LogP contribution in [0.2, 0.25) is 0 Å². The van der Waals surface area contributed by atoms with Crippen molar-refractivity contribution in [1.29, 1.82) is 5.26 Å². The third-order valence-electron chi connectivity index (χ3n) is 6.20. The second-order valence-corrected chi connectivity index (χ2v) is 8.62. The summed E-state index contributed by atoms with van der Waals surface area (Å²) < 4.78 is 0. The standard InChI is InChI=1S/C25H25N9O/c1-2-22(35)30-19-5-6-20-21(11-19)31-25(33-8-3-4-9-33)32-23(20)34-10-7-17(16-34)13-27-24-28-14-18(12-26)15-29-24/h2,5-6,11,13-15,17H,1,3-4,7-10,16H2,(H,30,35)/b27-13+. The molecule has 2 saturated heterocycles. The normalized spacial score (nSPS) is 17.7. The fourth-order valence-electron chi connectivity index (χ4n) is 4.39. The number of amides is 1. The summed E-state index contributed by atoms with van der Waals surface area (Å²) in [6.07, 6.45) is 9.27. The van der Waals surface area contributed by atoms with Crippen molar-refractivity contribution in [1.82, 2.24) is 19.9 Å². The number of hydrogen-bond donors (Lipinski definition) is 1. The number of aromatic nitrogens is 4. The van der Waals surface area contributed by atoms with Crippen LogP contribution in [0.1, 0.15) is 24.8 Å². The molecule has 2 fully saturated rings. The summed E-state index contributed by atoms with van der Waals surface area (Å²) in [5, 5.41) is 12.6. The van der Waals surface area contributed by atoms with Crippen LogP contribution in [-0.4, -0.2) is 58.2 Å². The number of anilines is 3. The highest BCUT2D eigenvalue weighted by molar-refractivity contribution is 6.01. The summed E-state index contributed by atoms with van der Waals surface area (Å²) >= 11 is 0. The zero-order valence-electron chi connectivity index (χ0n) is 19.3. The molecule has 4 heterocycles. The highest BCUT2D eigenvalue weighted by Crippen LogP contribution is 2.32. The Kier molecular flexibility index (Phi) is 6.30. The molecule has 2 aliphatic heterocycles. The number of fused-ring (bicyclic) bond motifs is 1. The van der Waals surface area contributed by atoms with Crippen LogP contribution in [-0.2, 0) is 4.79 Å². The van der Waals surface area contributed by atoms with Crippen LogP contribution in [0.25, 0.3) is 10.9 Å². The number of nitriles is 1. The molecule has 1 aromatic carbocycles. The van der Waals surface area contributed by atoms with Gasteiger partial charge < -0.3 is 15.1 Å². The smallest absolute Gasteiger partial charge is 0.248 e. The van der Waals surface area contributed by atoms with Gasteiger partial charge in [-0.05, 0) is 43.5 Å². The molecule has 1 amide bonds. The molecule has 10 heteroatoms. The Morgan fingerprint density at radius 1 is 1.17 bits per heavy atom. The van der Waals surface area contributed by atoms with E-state index in [0.717, 1.165) is 68.1 Å². The van der Waals surface area contributed by atoms with Crippen LogP contribution >= 0.6 is 0 Å². The number of carbonyl (C=O) groups excluding carboxylic acids is 1. The number of nitrogens with zero attached hydrogens (tertiary/aromatic N) is 8. The summed E-state index contributed by atoms with van der Waals surface area (Å²) in [4.78, 5) is 38.7. The van der Waals surface area contributed by atoms with Crippen LogP contribution < -0.4 is 15.1 Å². The molecule has 2 aliphatic rings. The Morgan fingerprint density at radius 2 is 1.97 bits per heavy atom. The molecule has 1 unspecified atom stereocenters. The van der Waals surface area contributed by atoms with Crippen molar-refractivity contribution in [3.05, 3.63) is 48.8 Å². The number of aliphatic imine (C=N–C) groups is 1. The van der Waals surface area contributed by atoms with Gasteiger partial charge in [0, 0.05) is 49.4 Å². The first kappa shape index (κ1) is 22.4. The van der Waals surface area contributed by atoms with E-state index in [-0.39, 0.29) is 11.8 Å². The van der Waals surface area contributed by atoms with Gasteiger partial charge in [0.05, 0.1) is 23.5 Å². The number of nitrogens with one attached hydrogen (secondary N) is 1. The number of rotatable bonds is 6. The molecule has 0 aliphatic carbocycles. The fourth-order valence-corrected chi connectivity index (χ4v) is 4.39. The van der Waals surface area contributed by atoms with Crippen LogP contribution in [0.15, 0.2) is 48.2 Å². The topological polar surface area (TPSA) is 123 Å². The highest BCUT2D eigenvalue weighted by Gasteiger charge is 2.26. The third kappa shape index (κ3) is 4.94. The first-order valence-corrected chi connectivity index (χ1v) is 11.6. The monoisotopic (exact) mass is 467 g/mol. The quantitative estimate of drug-likeness (QED) is 0.433. The van der Waals surface area contributed by atoms with Gasteiger partial charge in [0.1, 0.15) is 11.9 Å². The minimum absolute atomic E-state index is 0.223. The lowest BCUT2D eigenvalue weighted by atomic mass is 10.1. The largest absolute Gasteiger partial charge is 0.355 e. The first-order valence-electron chi connectivity index (χ1n) is 11.6. The van der Waals surface area contributed by atoms with Gasteiger partial charge in [0.2, 0.25) is 17.8 Å². The lowest BCUT2D eigenvalue weighted by Gasteiger charge is -2.23. The molecule has 0 spiro atoms. The number of hydrogen-bond acceptors (Lipinski definition) is 9. The molecule has 0 saturated carbocycles. The van der Waals surface area contributed by atoms with E-state index in [9.17, 15) is 4.79 Å². The van der Waals surface area contributed by atoms with Crippen molar-refractivity contribution < 1.29 is 4.79 Å². The van der Waals surface area contributed by atoms with Gasteiger partial charge in [-0.1, -0.05) is 6.58 Å². The predicted octanol–water partition coefficient (Wildman–Crippen LogP) is 3.24. The summed E-state index contributed by atoms with van der Waals surface area (Å²) in [6.45, 7) is 7.01. The van der Waals surface area contributed by atoms with Gasteiger partial charge in [-0.2, -0.15) is 10.2 Å². The highest BCUT2D eigenvalue weighted by atomic mass is 16.1. The lowest BCUT2D eigenvalue weighted by Crippen LogP contribution is -2.25. The van der Waals surface area contributed by atoms with Gasteiger partial charge in [0.15, 0.2) is 0 Å². The second kappa shape index (κ2) is 9.85. The van der Waals surface area contributed by atoms with Crippen LogP contribution in [0.5, 0.6) is 0 Å². The van der Waals surface area contributed by atoms with Crippen molar-refractivity contribution in [3.63, 3.8) is 0 Å². The first-order chi connectivity index (χ1) is 17.1. The summed E-state index contributed by atoms with van der Waals surface area (Å²) in [6, 6.07) is 7.72. The third-order valence-corrected chi connectivity index (χ3v) is 6.20. The average molecular weight is 468 g/mol. The van der Waals surface area contributed by atoms with Gasteiger partial charge in [-0.3, -0.25) is 4.79 Å². The van der Waals surface area contributed by atoms with Gasteiger partial charge >= 0.3 is 0 Å². The minimum atomic E-state index is -0.258. The van der Waals surface area contributed by atoms with E-state index in [4.69, 9.17) is 15.2 Å². The van der Waals surface area contributed by atoms with Gasteiger partial charge in [-0.25, -0.2) is 19.9 Å². The predicted molar refractivity (Wildman–Crippen MR) is 135 cm³/mol. The Morgan fingerprint density at radius 3 is 2.71 bits per heavy atom.